The van der Waals surface area contributed by atoms with Gasteiger partial charge in [-0.2, -0.15) is 12.1 Å². The molecule has 2 aromatic heterocycles. The van der Waals surface area contributed by atoms with Gasteiger partial charge in [-0.3, -0.25) is 0 Å². The van der Waals surface area contributed by atoms with Gasteiger partial charge in [-0.25, -0.2) is 4.98 Å². The minimum Gasteiger partial charge on any atom is -0.509 e. The minimum absolute atomic E-state index is 0. The van der Waals surface area contributed by atoms with Crippen LogP contribution in [0.4, 0.5) is 22.7 Å². The molecule has 1 aliphatic heterocycles. The van der Waals surface area contributed by atoms with E-state index in [1.807, 2.05) is 61.4 Å². The summed E-state index contributed by atoms with van der Waals surface area (Å²) in [5.74, 6) is 1.86. The number of fused-ring (bicyclic) bond motifs is 4. The normalized spacial score (nSPS) is 13.4. The van der Waals surface area contributed by atoms with Crippen molar-refractivity contribution in [1.82, 2.24) is 9.55 Å². The molecule has 6 heteroatoms. The van der Waals surface area contributed by atoms with Crippen LogP contribution in [0.15, 0.2) is 188 Å². The Morgan fingerprint density at radius 3 is 1.68 bits per heavy atom. The van der Waals surface area contributed by atoms with Gasteiger partial charge in [0.1, 0.15) is 5.82 Å². The van der Waals surface area contributed by atoms with Gasteiger partial charge in [-0.05, 0) is 90.9 Å². The maximum atomic E-state index is 9.67. The molecule has 0 fully saturated rings. The second-order valence-electron chi connectivity index (χ2n) is 21.6. The SMILES string of the molecule is [2H]c1c([2H])c(-c2ccc(-c3ccc(C(C)(C)C)cc3)cc2)c(N2[CH-]N(c3[c-]c(Oc4[c-]c5c(cc4)c4ccccc4n5-c4cc(C(C)(C)C)ccn4)ccc3)c3ccccc32)c(-c2ccc(C(C)(C)C)cc2)c1[2H].[Pt]. The third-order valence-corrected chi connectivity index (χ3v) is 13.6. The average molecular weight is 1120 g/mol. The summed E-state index contributed by atoms with van der Waals surface area (Å²) in [5.41, 5.74) is 13.4. The van der Waals surface area contributed by atoms with E-state index in [0.29, 0.717) is 28.3 Å². The van der Waals surface area contributed by atoms with E-state index < -0.39 is 0 Å². The van der Waals surface area contributed by atoms with Crippen molar-refractivity contribution >= 4 is 44.6 Å². The molecule has 11 rings (SSSR count). The van der Waals surface area contributed by atoms with E-state index in [4.69, 9.17) is 9.72 Å². The molecule has 72 heavy (non-hydrogen) atoms. The monoisotopic (exact) mass is 1120 g/mol. The van der Waals surface area contributed by atoms with Crippen LogP contribution < -0.4 is 14.5 Å². The predicted molar refractivity (Wildman–Crippen MR) is 297 cm³/mol. The molecule has 0 saturated carbocycles. The third-order valence-electron chi connectivity index (χ3n) is 13.6. The molecule has 0 bridgehead atoms. The molecule has 0 spiro atoms. The van der Waals surface area contributed by atoms with Crippen LogP contribution in [-0.4, -0.2) is 9.55 Å². The fraction of sp³-hybridized carbons (Fsp3) is 0.182. The second-order valence-corrected chi connectivity index (χ2v) is 21.6. The topological polar surface area (TPSA) is 33.5 Å². The third kappa shape index (κ3) is 9.16. The number of aromatic nitrogens is 2. The Balaban J connectivity index is 0.00000641. The molecule has 0 amide bonds. The van der Waals surface area contributed by atoms with Crippen LogP contribution in [0.5, 0.6) is 11.5 Å². The van der Waals surface area contributed by atoms with Crippen molar-refractivity contribution in [1.29, 1.82) is 0 Å². The Hall–Kier alpha value is -7.20. The van der Waals surface area contributed by atoms with Crippen molar-refractivity contribution in [2.45, 2.75) is 78.6 Å². The molecule has 0 N–H and O–H groups in total. The number of hydrogen-bond donors (Lipinski definition) is 0. The van der Waals surface area contributed by atoms with Gasteiger partial charge in [-0.15, -0.1) is 48.1 Å². The Labute approximate surface area is 444 Å². The first-order valence-electron chi connectivity index (χ1n) is 25.9. The molecule has 0 radical (unpaired) electrons. The summed E-state index contributed by atoms with van der Waals surface area (Å²) < 4.78 is 37.5. The zero-order valence-electron chi connectivity index (χ0n) is 45.3. The first kappa shape index (κ1) is 44.7. The van der Waals surface area contributed by atoms with E-state index >= 15 is 0 Å². The number of para-hydroxylation sites is 4. The number of nitrogens with zero attached hydrogens (tertiary/aromatic N) is 4. The summed E-state index contributed by atoms with van der Waals surface area (Å²) in [6, 6.07) is 63.0. The van der Waals surface area contributed by atoms with Crippen LogP contribution in [0, 0.1) is 18.8 Å². The molecule has 0 atom stereocenters. The van der Waals surface area contributed by atoms with Gasteiger partial charge < -0.3 is 19.1 Å². The van der Waals surface area contributed by atoms with Crippen LogP contribution in [0.1, 0.15) is 83.1 Å². The van der Waals surface area contributed by atoms with E-state index in [-0.39, 0.29) is 55.4 Å². The molecule has 0 unspecified atom stereocenters. The number of ether oxygens (including phenoxy) is 1. The summed E-state index contributed by atoms with van der Waals surface area (Å²) >= 11 is 0. The Bertz CT molecular complexity index is 3770. The maximum absolute atomic E-state index is 9.67. The number of benzene rings is 8. The number of rotatable bonds is 8. The summed E-state index contributed by atoms with van der Waals surface area (Å²) in [4.78, 5) is 9.01. The predicted octanol–water partition coefficient (Wildman–Crippen LogP) is 17.9. The summed E-state index contributed by atoms with van der Waals surface area (Å²) in [5, 5.41) is 2.15. The van der Waals surface area contributed by atoms with Gasteiger partial charge in [0.05, 0.1) is 4.11 Å². The van der Waals surface area contributed by atoms with E-state index in [1.165, 1.54) is 11.1 Å². The Morgan fingerprint density at radius 1 is 0.514 bits per heavy atom. The quantitative estimate of drug-likeness (QED) is 0.142. The molecule has 0 aliphatic carbocycles. The first-order valence-corrected chi connectivity index (χ1v) is 24.4. The molecule has 10 aromatic rings. The molecule has 5 nitrogen and oxygen atoms in total. The number of hydrogen-bond acceptors (Lipinski definition) is 4. The van der Waals surface area contributed by atoms with Crippen LogP contribution in [0.25, 0.3) is 61.0 Å². The second kappa shape index (κ2) is 18.8. The number of anilines is 4. The largest absolute Gasteiger partial charge is 0.509 e. The van der Waals surface area contributed by atoms with E-state index in [0.717, 1.165) is 72.5 Å². The van der Waals surface area contributed by atoms with Gasteiger partial charge in [0, 0.05) is 72.5 Å². The molecule has 8 aromatic carbocycles. The van der Waals surface area contributed by atoms with Crippen LogP contribution >= 0.6 is 0 Å². The summed E-state index contributed by atoms with van der Waals surface area (Å²) in [7, 11) is 0. The average Bonchev–Trinajstić information content (AvgIpc) is 3.94. The van der Waals surface area contributed by atoms with E-state index in [2.05, 4.69) is 204 Å². The molecule has 0 saturated heterocycles. The van der Waals surface area contributed by atoms with Crippen molar-refractivity contribution in [2.24, 2.45) is 0 Å². The Morgan fingerprint density at radius 2 is 1.06 bits per heavy atom. The van der Waals surface area contributed by atoms with Crippen molar-refractivity contribution in [3.8, 4) is 50.7 Å². The van der Waals surface area contributed by atoms with Crippen molar-refractivity contribution < 1.29 is 29.9 Å². The Kier molecular flexibility index (Phi) is 11.7. The molecular weight excluding hydrogens is 1060 g/mol. The summed E-state index contributed by atoms with van der Waals surface area (Å²) in [6.07, 6.45) is 1.88. The van der Waals surface area contributed by atoms with Gasteiger partial charge in [-0.1, -0.05) is 189 Å². The minimum atomic E-state index is -0.131. The van der Waals surface area contributed by atoms with Crippen molar-refractivity contribution in [3.05, 3.63) is 224 Å². The van der Waals surface area contributed by atoms with Crippen LogP contribution in [-0.2, 0) is 37.3 Å². The van der Waals surface area contributed by atoms with Crippen LogP contribution in [0.3, 0.4) is 0 Å². The van der Waals surface area contributed by atoms with Crippen molar-refractivity contribution in [3.63, 3.8) is 0 Å². The molecule has 1 aliphatic rings. The zero-order chi connectivity index (χ0) is 51.8. The smallest absolute Gasteiger partial charge is 0.135 e. The standard InChI is InChI=1S/C66H59N4O.Pt/c1-64(2,3)48-32-28-45(29-33-48)44-24-26-46(27-25-44)54-19-15-20-55(47-30-34-49(35-31-47)65(4,5)6)63(54)69-43-68(59-22-12-13-23-60(59)69)51-16-14-17-52(41-51)71-53-36-37-57-56-18-10-11-21-58(56)70(61(57)42-53)62-40-50(38-39-67-62)66(7,8)9;/h10-40,43H,1-9H3;/q-3;/i15D,19D,20D;. The van der Waals surface area contributed by atoms with Gasteiger partial charge >= 0.3 is 0 Å². The molecule has 362 valence electrons. The first-order chi connectivity index (χ1) is 35.3. The fourth-order valence-electron chi connectivity index (χ4n) is 9.60. The van der Waals surface area contributed by atoms with Crippen molar-refractivity contribution in [2.75, 3.05) is 9.80 Å². The van der Waals surface area contributed by atoms with E-state index in [9.17, 15) is 4.11 Å². The van der Waals surface area contributed by atoms with Gasteiger partial charge in [0.25, 0.3) is 0 Å². The fourth-order valence-corrected chi connectivity index (χ4v) is 9.60. The van der Waals surface area contributed by atoms with Gasteiger partial charge in [0.15, 0.2) is 0 Å². The molecular formula is C66H59N4OPt-3. The molecule has 3 heterocycles. The van der Waals surface area contributed by atoms with Crippen LogP contribution in [0.2, 0.25) is 0 Å². The number of pyridine rings is 1. The van der Waals surface area contributed by atoms with E-state index in [1.54, 1.807) is 0 Å². The summed E-state index contributed by atoms with van der Waals surface area (Å²) in [6.45, 7) is 21.9. The van der Waals surface area contributed by atoms with Gasteiger partial charge in [0.2, 0.25) is 0 Å². The zero-order valence-corrected chi connectivity index (χ0v) is 44.5. The maximum Gasteiger partial charge on any atom is 0.135 e.